The van der Waals surface area contributed by atoms with E-state index in [9.17, 15) is 13.2 Å². The molecule has 0 spiro atoms. The van der Waals surface area contributed by atoms with Crippen LogP contribution in [0.4, 0.5) is 0 Å². The molecule has 0 aliphatic rings. The Morgan fingerprint density at radius 3 is 2.61 bits per heavy atom. The number of carbonyl (C=O) groups is 1. The summed E-state index contributed by atoms with van der Waals surface area (Å²) in [7, 11) is -2.00. The van der Waals surface area contributed by atoms with Gasteiger partial charge in [-0.05, 0) is 41.9 Å². The van der Waals surface area contributed by atoms with Crippen molar-refractivity contribution in [1.29, 1.82) is 0 Å². The van der Waals surface area contributed by atoms with Crippen molar-refractivity contribution < 1.29 is 13.2 Å². The molecular formula is C10H15BrN2O3S2. The van der Waals surface area contributed by atoms with E-state index in [0.29, 0.717) is 6.54 Å². The fourth-order valence-corrected chi connectivity index (χ4v) is 4.49. The molecule has 0 bridgehead atoms. The molecule has 0 aliphatic carbocycles. The van der Waals surface area contributed by atoms with E-state index in [1.807, 2.05) is 6.92 Å². The molecule has 0 aromatic carbocycles. The third kappa shape index (κ3) is 3.78. The van der Waals surface area contributed by atoms with Crippen LogP contribution in [0, 0.1) is 0 Å². The number of hydrogen-bond donors (Lipinski definition) is 1. The van der Waals surface area contributed by atoms with Crippen molar-refractivity contribution in [3.63, 3.8) is 0 Å². The van der Waals surface area contributed by atoms with Crippen LogP contribution in [0.15, 0.2) is 20.1 Å². The highest BCUT2D eigenvalue weighted by Gasteiger charge is 2.24. The molecular weight excluding hydrogens is 340 g/mol. The van der Waals surface area contributed by atoms with Gasteiger partial charge in [0.1, 0.15) is 4.21 Å². The zero-order chi connectivity index (χ0) is 13.9. The van der Waals surface area contributed by atoms with E-state index in [0.717, 1.165) is 15.1 Å². The van der Waals surface area contributed by atoms with Crippen LogP contribution in [-0.2, 0) is 14.8 Å². The smallest absolute Gasteiger partial charge is 0.250 e. The first-order chi connectivity index (χ1) is 8.27. The number of thiophene rings is 1. The summed E-state index contributed by atoms with van der Waals surface area (Å²) in [6.07, 6.45) is 0. The summed E-state index contributed by atoms with van der Waals surface area (Å²) in [5.41, 5.74) is 0. The molecule has 1 N–H and O–H groups in total. The Hall–Kier alpha value is -0.440. The molecule has 1 rings (SSSR count). The van der Waals surface area contributed by atoms with Gasteiger partial charge in [-0.1, -0.05) is 0 Å². The Labute approximate surface area is 119 Å². The van der Waals surface area contributed by atoms with Crippen LogP contribution in [0.5, 0.6) is 0 Å². The summed E-state index contributed by atoms with van der Waals surface area (Å²) in [6, 6.07) is 2.38. The first-order valence-corrected chi connectivity index (χ1v) is 8.40. The summed E-state index contributed by atoms with van der Waals surface area (Å²) in [4.78, 5) is 13.3. The molecule has 0 aliphatic heterocycles. The molecule has 1 aromatic heterocycles. The predicted octanol–water partition coefficient (Wildman–Crippen LogP) is 1.66. The van der Waals surface area contributed by atoms with Gasteiger partial charge in [-0.2, -0.15) is 4.72 Å². The lowest BCUT2D eigenvalue weighted by Crippen LogP contribution is -2.45. The molecule has 1 atom stereocenters. The summed E-state index contributed by atoms with van der Waals surface area (Å²) in [5.74, 6) is -0.253. The van der Waals surface area contributed by atoms with Crippen LogP contribution in [0.1, 0.15) is 13.8 Å². The number of rotatable bonds is 5. The zero-order valence-electron chi connectivity index (χ0n) is 10.3. The number of sulfonamides is 1. The van der Waals surface area contributed by atoms with Gasteiger partial charge in [0.15, 0.2) is 0 Å². The van der Waals surface area contributed by atoms with Crippen molar-refractivity contribution in [2.45, 2.75) is 24.1 Å². The van der Waals surface area contributed by atoms with Crippen molar-refractivity contribution in [3.05, 3.63) is 15.9 Å². The van der Waals surface area contributed by atoms with Crippen LogP contribution in [0.2, 0.25) is 0 Å². The summed E-state index contributed by atoms with van der Waals surface area (Å²) in [6.45, 7) is 3.90. The van der Waals surface area contributed by atoms with Gasteiger partial charge in [0, 0.05) is 13.6 Å². The number of nitrogens with zero attached hydrogens (tertiary/aromatic N) is 1. The monoisotopic (exact) mass is 354 g/mol. The van der Waals surface area contributed by atoms with Gasteiger partial charge in [-0.25, -0.2) is 8.42 Å². The predicted molar refractivity (Wildman–Crippen MR) is 75.1 cm³/mol. The fourth-order valence-electron chi connectivity index (χ4n) is 1.27. The average Bonchev–Trinajstić information content (AvgIpc) is 2.74. The lowest BCUT2D eigenvalue weighted by molar-refractivity contribution is -0.131. The molecule has 1 amide bonds. The molecule has 102 valence electrons. The lowest BCUT2D eigenvalue weighted by atomic mass is 10.3. The molecule has 18 heavy (non-hydrogen) atoms. The van der Waals surface area contributed by atoms with Crippen molar-refractivity contribution in [2.75, 3.05) is 13.6 Å². The Kier molecular flexibility index (Phi) is 5.32. The minimum absolute atomic E-state index is 0.188. The Morgan fingerprint density at radius 2 is 2.17 bits per heavy atom. The molecule has 5 nitrogen and oxygen atoms in total. The highest BCUT2D eigenvalue weighted by atomic mass is 79.9. The molecule has 0 radical (unpaired) electrons. The quantitative estimate of drug-likeness (QED) is 0.874. The normalized spacial score (nSPS) is 13.3. The maximum absolute atomic E-state index is 12.0. The van der Waals surface area contributed by atoms with Crippen molar-refractivity contribution in [2.24, 2.45) is 0 Å². The van der Waals surface area contributed by atoms with Crippen LogP contribution in [0.25, 0.3) is 0 Å². The highest BCUT2D eigenvalue weighted by molar-refractivity contribution is 9.11. The van der Waals surface area contributed by atoms with E-state index in [2.05, 4.69) is 20.7 Å². The Morgan fingerprint density at radius 1 is 1.56 bits per heavy atom. The first-order valence-electron chi connectivity index (χ1n) is 5.30. The largest absolute Gasteiger partial charge is 0.345 e. The fraction of sp³-hybridized carbons (Fsp3) is 0.500. The Bertz CT molecular complexity index is 527. The van der Waals surface area contributed by atoms with Gasteiger partial charge in [-0.3, -0.25) is 4.79 Å². The van der Waals surface area contributed by atoms with Gasteiger partial charge in [0.05, 0.1) is 9.83 Å². The van der Waals surface area contributed by atoms with E-state index in [-0.39, 0.29) is 10.1 Å². The van der Waals surface area contributed by atoms with E-state index in [1.165, 1.54) is 17.9 Å². The molecule has 0 saturated heterocycles. The standard InChI is InChI=1S/C10H15BrN2O3S2/c1-4-13(3)10(14)7(2)12-18(15,16)9-6-5-8(11)17-9/h5-7,12H,4H2,1-3H3. The summed E-state index contributed by atoms with van der Waals surface area (Å²) >= 11 is 4.31. The van der Waals surface area contributed by atoms with Crippen LogP contribution >= 0.6 is 27.3 Å². The van der Waals surface area contributed by atoms with E-state index >= 15 is 0 Å². The topological polar surface area (TPSA) is 66.5 Å². The third-order valence-corrected chi connectivity index (χ3v) is 6.02. The number of hydrogen-bond acceptors (Lipinski definition) is 4. The highest BCUT2D eigenvalue weighted by Crippen LogP contribution is 2.25. The second-order valence-corrected chi connectivity index (χ2v) is 8.16. The van der Waals surface area contributed by atoms with Crippen LogP contribution < -0.4 is 4.72 Å². The number of halogens is 1. The maximum Gasteiger partial charge on any atom is 0.250 e. The number of likely N-dealkylation sites (N-methyl/N-ethyl adjacent to an activating group) is 1. The minimum atomic E-state index is -3.63. The van der Waals surface area contributed by atoms with Gasteiger partial charge in [0.25, 0.3) is 10.0 Å². The van der Waals surface area contributed by atoms with Crippen molar-refractivity contribution in [3.8, 4) is 0 Å². The van der Waals surface area contributed by atoms with Gasteiger partial charge in [0.2, 0.25) is 5.91 Å². The average molecular weight is 355 g/mol. The number of amides is 1. The van der Waals surface area contributed by atoms with E-state index in [4.69, 9.17) is 0 Å². The first kappa shape index (κ1) is 15.6. The molecule has 0 fully saturated rings. The maximum atomic E-state index is 12.0. The van der Waals surface area contributed by atoms with Gasteiger partial charge < -0.3 is 4.90 Å². The van der Waals surface area contributed by atoms with Crippen LogP contribution in [-0.4, -0.2) is 38.9 Å². The molecule has 1 aromatic rings. The van der Waals surface area contributed by atoms with Gasteiger partial charge >= 0.3 is 0 Å². The Balaban J connectivity index is 2.81. The van der Waals surface area contributed by atoms with Crippen molar-refractivity contribution in [1.82, 2.24) is 9.62 Å². The second-order valence-electron chi connectivity index (χ2n) is 3.75. The van der Waals surface area contributed by atoms with E-state index in [1.54, 1.807) is 13.1 Å². The zero-order valence-corrected chi connectivity index (χ0v) is 13.5. The summed E-state index contributed by atoms with van der Waals surface area (Å²) in [5, 5.41) is 0. The van der Waals surface area contributed by atoms with Gasteiger partial charge in [-0.15, -0.1) is 11.3 Å². The molecule has 1 heterocycles. The van der Waals surface area contributed by atoms with E-state index < -0.39 is 16.1 Å². The molecule has 1 unspecified atom stereocenters. The lowest BCUT2D eigenvalue weighted by Gasteiger charge is -2.20. The number of nitrogens with one attached hydrogen (secondary N) is 1. The summed E-state index contributed by atoms with van der Waals surface area (Å²) < 4.78 is 27.2. The molecule has 0 saturated carbocycles. The number of carbonyl (C=O) groups excluding carboxylic acids is 1. The SMILES string of the molecule is CCN(C)C(=O)C(C)NS(=O)(=O)c1ccc(Br)s1. The van der Waals surface area contributed by atoms with Crippen molar-refractivity contribution >= 4 is 43.2 Å². The second kappa shape index (κ2) is 6.14. The minimum Gasteiger partial charge on any atom is -0.345 e. The van der Waals surface area contributed by atoms with Crippen LogP contribution in [0.3, 0.4) is 0 Å². The third-order valence-electron chi connectivity index (χ3n) is 2.37. The molecule has 8 heteroatoms.